The number of aromatic nitrogens is 1. The molecule has 2 aliphatic rings. The summed E-state index contributed by atoms with van der Waals surface area (Å²) in [4.78, 5) is 31.6. The predicted molar refractivity (Wildman–Crippen MR) is 134 cm³/mol. The molecule has 3 aromatic rings. The Kier molecular flexibility index (Phi) is 6.07. The number of carbonyl (C=O) groups is 2. The number of sulfonamides is 1. The average Bonchev–Trinajstić information content (AvgIpc) is 3.46. The zero-order valence-electron chi connectivity index (χ0n) is 19.1. The lowest BCUT2D eigenvalue weighted by Crippen LogP contribution is -2.34. The van der Waals surface area contributed by atoms with E-state index in [4.69, 9.17) is 5.73 Å². The molecule has 3 amide bonds. The highest BCUT2D eigenvalue weighted by Crippen LogP contribution is 2.37. The summed E-state index contributed by atoms with van der Waals surface area (Å²) in [5, 5.41) is 2.79. The van der Waals surface area contributed by atoms with E-state index in [0.717, 1.165) is 53.8 Å². The predicted octanol–water partition coefficient (Wildman–Crippen LogP) is 2.90. The van der Waals surface area contributed by atoms with E-state index in [2.05, 4.69) is 19.9 Å². The number of hydrogen-bond donors (Lipinski definition) is 3. The summed E-state index contributed by atoms with van der Waals surface area (Å²) in [6.45, 7) is 1.56. The van der Waals surface area contributed by atoms with Crippen LogP contribution < -0.4 is 15.8 Å². The minimum atomic E-state index is -4.02. The summed E-state index contributed by atoms with van der Waals surface area (Å²) in [6, 6.07) is 7.94. The third-order valence-electron chi connectivity index (χ3n) is 6.38. The average molecular weight is 512 g/mol. The normalized spacial score (nSPS) is 15.3. The van der Waals surface area contributed by atoms with E-state index in [-0.39, 0.29) is 9.90 Å². The van der Waals surface area contributed by atoms with Crippen molar-refractivity contribution in [1.82, 2.24) is 14.6 Å². The van der Waals surface area contributed by atoms with E-state index in [1.54, 1.807) is 12.1 Å². The molecule has 11 heteroatoms. The van der Waals surface area contributed by atoms with Gasteiger partial charge in [0.2, 0.25) is 0 Å². The number of amides is 3. The Morgan fingerprint density at radius 3 is 2.69 bits per heavy atom. The minimum absolute atomic E-state index is 0.137. The number of nitrogens with zero attached hydrogens (tertiary/aromatic N) is 2. The molecule has 0 fully saturated rings. The SMILES string of the molecule is CN1CCc2sc(S(=O)(=O)NC(=O)Nc3c(-c4ccc(C(N)=O)nc4)ccc4c3CCC4)cc2C1. The van der Waals surface area contributed by atoms with E-state index < -0.39 is 22.0 Å². The van der Waals surface area contributed by atoms with Crippen molar-refractivity contribution < 1.29 is 18.0 Å². The molecule has 1 aliphatic heterocycles. The van der Waals surface area contributed by atoms with E-state index in [1.807, 2.05) is 19.2 Å². The smallest absolute Gasteiger partial charge is 0.333 e. The molecule has 0 saturated carbocycles. The zero-order valence-corrected chi connectivity index (χ0v) is 20.8. The van der Waals surface area contributed by atoms with Gasteiger partial charge in [0, 0.05) is 35.3 Å². The standard InChI is InChI=1S/C24H25N5O4S2/c1-29-10-9-20-16(13-29)11-21(34-20)35(32,33)28-24(31)27-22-17-4-2-3-14(17)5-7-18(22)15-6-8-19(23(25)30)26-12-15/h5-8,11-12H,2-4,9-10,13H2,1H3,(H2,25,30)(H2,27,28,31). The number of thiophene rings is 1. The van der Waals surface area contributed by atoms with Gasteiger partial charge in [-0.3, -0.25) is 9.78 Å². The first kappa shape index (κ1) is 23.5. The van der Waals surface area contributed by atoms with Gasteiger partial charge in [-0.2, -0.15) is 0 Å². The quantitative estimate of drug-likeness (QED) is 0.482. The number of nitrogens with two attached hydrogens (primary N) is 1. The molecular formula is C24H25N5O4S2. The Bertz CT molecular complexity index is 1430. The van der Waals surface area contributed by atoms with E-state index in [0.29, 0.717) is 23.4 Å². The van der Waals surface area contributed by atoms with Crippen molar-refractivity contribution in [1.29, 1.82) is 0 Å². The van der Waals surface area contributed by atoms with Gasteiger partial charge in [-0.1, -0.05) is 18.2 Å². The van der Waals surface area contributed by atoms with Crippen molar-refractivity contribution >= 4 is 39.0 Å². The van der Waals surface area contributed by atoms with Crippen molar-refractivity contribution in [3.63, 3.8) is 0 Å². The topological polar surface area (TPSA) is 134 Å². The van der Waals surface area contributed by atoms with Crippen LogP contribution in [0.3, 0.4) is 0 Å². The second kappa shape index (κ2) is 9.06. The van der Waals surface area contributed by atoms with Crippen LogP contribution in [0, 0.1) is 0 Å². The largest absolute Gasteiger partial charge is 0.364 e. The number of pyridine rings is 1. The van der Waals surface area contributed by atoms with Gasteiger partial charge in [-0.15, -0.1) is 11.3 Å². The number of aryl methyl sites for hydroxylation is 1. The highest BCUT2D eigenvalue weighted by Gasteiger charge is 2.26. The molecule has 1 aromatic carbocycles. The summed E-state index contributed by atoms with van der Waals surface area (Å²) in [5.41, 5.74) is 10.4. The van der Waals surface area contributed by atoms with E-state index >= 15 is 0 Å². The molecular weight excluding hydrogens is 486 g/mol. The van der Waals surface area contributed by atoms with Gasteiger partial charge < -0.3 is 16.0 Å². The third kappa shape index (κ3) is 4.66. The number of hydrogen-bond acceptors (Lipinski definition) is 7. The number of anilines is 1. The minimum Gasteiger partial charge on any atom is -0.364 e. The van der Waals surface area contributed by atoms with Crippen molar-refractivity contribution in [2.45, 2.75) is 36.4 Å². The van der Waals surface area contributed by atoms with Crippen LogP contribution in [0.4, 0.5) is 10.5 Å². The fourth-order valence-corrected chi connectivity index (χ4v) is 7.09. The number of primary amides is 1. The summed E-state index contributed by atoms with van der Waals surface area (Å²) in [6.07, 6.45) is 4.91. The van der Waals surface area contributed by atoms with Gasteiger partial charge in [0.1, 0.15) is 9.90 Å². The maximum absolute atomic E-state index is 13.0. The molecule has 0 spiro atoms. The Hall–Kier alpha value is -3.28. The molecule has 0 unspecified atom stereocenters. The highest BCUT2D eigenvalue weighted by molar-refractivity contribution is 7.92. The molecule has 1 aliphatic carbocycles. The summed E-state index contributed by atoms with van der Waals surface area (Å²) in [5.74, 6) is -0.629. The molecule has 3 heterocycles. The molecule has 182 valence electrons. The fourth-order valence-electron chi connectivity index (χ4n) is 4.64. The zero-order chi connectivity index (χ0) is 24.7. The summed E-state index contributed by atoms with van der Waals surface area (Å²) in [7, 11) is -2.03. The van der Waals surface area contributed by atoms with Crippen LogP contribution in [0.1, 0.15) is 38.5 Å². The second-order valence-electron chi connectivity index (χ2n) is 8.84. The highest BCUT2D eigenvalue weighted by atomic mass is 32.2. The van der Waals surface area contributed by atoms with Crippen LogP contribution in [0.25, 0.3) is 11.1 Å². The van der Waals surface area contributed by atoms with Crippen molar-refractivity contribution in [2.75, 3.05) is 18.9 Å². The second-order valence-corrected chi connectivity index (χ2v) is 11.9. The van der Waals surface area contributed by atoms with Gasteiger partial charge in [-0.25, -0.2) is 17.9 Å². The summed E-state index contributed by atoms with van der Waals surface area (Å²) >= 11 is 1.21. The molecule has 0 saturated heterocycles. The van der Waals surface area contributed by atoms with Crippen LogP contribution in [-0.2, 0) is 35.8 Å². The summed E-state index contributed by atoms with van der Waals surface area (Å²) < 4.78 is 28.3. The molecule has 0 radical (unpaired) electrons. The van der Waals surface area contributed by atoms with Gasteiger partial charge in [-0.05, 0) is 61.6 Å². The van der Waals surface area contributed by atoms with Crippen molar-refractivity contribution in [2.24, 2.45) is 5.73 Å². The Balaban J connectivity index is 1.42. The van der Waals surface area contributed by atoms with Crippen molar-refractivity contribution in [3.05, 3.63) is 63.8 Å². The van der Waals surface area contributed by atoms with Crippen LogP contribution in [0.2, 0.25) is 0 Å². The first-order chi connectivity index (χ1) is 16.7. The first-order valence-corrected chi connectivity index (χ1v) is 13.6. The van der Waals surface area contributed by atoms with Crippen LogP contribution in [0.15, 0.2) is 40.7 Å². The first-order valence-electron chi connectivity index (χ1n) is 11.3. The molecule has 2 aromatic heterocycles. The van der Waals surface area contributed by atoms with Crippen LogP contribution in [-0.4, -0.2) is 43.8 Å². The molecule has 5 rings (SSSR count). The van der Waals surface area contributed by atoms with Gasteiger partial charge in [0.05, 0.1) is 5.69 Å². The number of nitrogens with one attached hydrogen (secondary N) is 2. The Morgan fingerprint density at radius 2 is 1.94 bits per heavy atom. The maximum Gasteiger partial charge on any atom is 0.333 e. The molecule has 9 nitrogen and oxygen atoms in total. The number of likely N-dealkylation sites (N-methyl/N-ethyl adjacent to an activating group) is 1. The number of benzene rings is 1. The molecule has 0 atom stereocenters. The number of urea groups is 1. The van der Waals surface area contributed by atoms with Crippen LogP contribution in [0.5, 0.6) is 0 Å². The maximum atomic E-state index is 13.0. The van der Waals surface area contributed by atoms with Crippen LogP contribution >= 0.6 is 11.3 Å². The number of carbonyl (C=O) groups excluding carboxylic acids is 2. The Morgan fingerprint density at radius 1 is 1.11 bits per heavy atom. The van der Waals surface area contributed by atoms with Gasteiger partial charge in [0.15, 0.2) is 0 Å². The van der Waals surface area contributed by atoms with Crippen molar-refractivity contribution in [3.8, 4) is 11.1 Å². The van der Waals surface area contributed by atoms with Gasteiger partial charge >= 0.3 is 6.03 Å². The van der Waals surface area contributed by atoms with Gasteiger partial charge in [0.25, 0.3) is 15.9 Å². The van der Waals surface area contributed by atoms with E-state index in [9.17, 15) is 18.0 Å². The van der Waals surface area contributed by atoms with E-state index in [1.165, 1.54) is 23.6 Å². The monoisotopic (exact) mass is 511 g/mol. The number of fused-ring (bicyclic) bond motifs is 2. The lowest BCUT2D eigenvalue weighted by Gasteiger charge is -2.21. The number of rotatable bonds is 5. The lowest BCUT2D eigenvalue weighted by atomic mass is 9.98. The molecule has 0 bridgehead atoms. The Labute approximate surface area is 207 Å². The molecule has 35 heavy (non-hydrogen) atoms. The lowest BCUT2D eigenvalue weighted by molar-refractivity contribution is 0.0995. The third-order valence-corrected chi connectivity index (χ3v) is 9.42. The molecule has 4 N–H and O–H groups in total. The fraction of sp³-hybridized carbons (Fsp3) is 0.292.